The first-order valence-electron chi connectivity index (χ1n) is 6.09. The predicted molar refractivity (Wildman–Crippen MR) is 76.5 cm³/mol. The Morgan fingerprint density at radius 3 is 2.35 bits per heavy atom. The molecule has 1 aromatic carbocycles. The maximum Gasteiger partial charge on any atom is 0.0657 e. The average Bonchev–Trinajstić information content (AvgIpc) is 2.31. The van der Waals surface area contributed by atoms with E-state index in [9.17, 15) is 0 Å². The highest BCUT2D eigenvalue weighted by Gasteiger charge is 2.12. The Morgan fingerprint density at radius 2 is 1.88 bits per heavy atom. The smallest absolute Gasteiger partial charge is 0.0657 e. The van der Waals surface area contributed by atoms with Gasteiger partial charge in [-0.15, -0.1) is 0 Å². The summed E-state index contributed by atoms with van der Waals surface area (Å²) in [4.78, 5) is 0. The first-order chi connectivity index (χ1) is 8.10. The minimum atomic E-state index is 0.283. The van der Waals surface area contributed by atoms with Crippen molar-refractivity contribution in [2.24, 2.45) is 0 Å². The van der Waals surface area contributed by atoms with Crippen LogP contribution in [0.1, 0.15) is 36.1 Å². The van der Waals surface area contributed by atoms with E-state index in [2.05, 4.69) is 54.2 Å². The molecule has 17 heavy (non-hydrogen) atoms. The number of methoxy groups -OCH3 is 1. The van der Waals surface area contributed by atoms with E-state index in [0.29, 0.717) is 6.61 Å². The molecule has 1 N–H and O–H groups in total. The van der Waals surface area contributed by atoms with Crippen molar-refractivity contribution in [2.45, 2.75) is 33.2 Å². The number of halogens is 1. The second-order valence-electron chi connectivity index (χ2n) is 4.43. The van der Waals surface area contributed by atoms with Gasteiger partial charge in [0.1, 0.15) is 0 Å². The van der Waals surface area contributed by atoms with E-state index in [1.807, 2.05) is 0 Å². The minimum absolute atomic E-state index is 0.283. The zero-order valence-electron chi connectivity index (χ0n) is 11.1. The zero-order chi connectivity index (χ0) is 12.8. The Labute approximate surface area is 113 Å². The van der Waals surface area contributed by atoms with E-state index in [0.717, 1.165) is 13.0 Å². The van der Waals surface area contributed by atoms with Gasteiger partial charge < -0.3 is 10.1 Å². The van der Waals surface area contributed by atoms with Gasteiger partial charge in [-0.3, -0.25) is 0 Å². The van der Waals surface area contributed by atoms with Crippen LogP contribution in [0.2, 0.25) is 0 Å². The van der Waals surface area contributed by atoms with Crippen LogP contribution in [0.15, 0.2) is 16.6 Å². The lowest BCUT2D eigenvalue weighted by Gasteiger charge is -2.20. The maximum absolute atomic E-state index is 5.29. The van der Waals surface area contributed by atoms with E-state index in [1.165, 1.54) is 21.2 Å². The Balaban J connectivity index is 2.93. The number of aryl methyl sites for hydroxylation is 2. The fraction of sp³-hybridized carbons (Fsp3) is 0.571. The van der Waals surface area contributed by atoms with Crippen LogP contribution in [0.4, 0.5) is 0 Å². The summed E-state index contributed by atoms with van der Waals surface area (Å²) in [6.07, 6.45) is 1.13. The largest absolute Gasteiger partial charge is 0.383 e. The van der Waals surface area contributed by atoms with Crippen LogP contribution in [0.3, 0.4) is 0 Å². The Hall–Kier alpha value is -0.380. The SMILES string of the molecule is CCCNC(COC)c1cc(C)c(Br)c(C)c1. The molecule has 1 rings (SSSR count). The fourth-order valence-electron chi connectivity index (χ4n) is 1.94. The molecular formula is C14H22BrNO. The molecule has 0 saturated carbocycles. The van der Waals surface area contributed by atoms with Crippen molar-refractivity contribution in [3.05, 3.63) is 33.3 Å². The molecule has 0 amide bonds. The first-order valence-corrected chi connectivity index (χ1v) is 6.88. The number of ether oxygens (including phenoxy) is 1. The second kappa shape index (κ2) is 7.14. The molecule has 0 aliphatic heterocycles. The number of hydrogen-bond acceptors (Lipinski definition) is 2. The highest BCUT2D eigenvalue weighted by Crippen LogP contribution is 2.25. The molecule has 0 heterocycles. The van der Waals surface area contributed by atoms with Crippen LogP contribution in [0.5, 0.6) is 0 Å². The second-order valence-corrected chi connectivity index (χ2v) is 5.22. The van der Waals surface area contributed by atoms with Gasteiger partial charge in [0.05, 0.1) is 12.6 Å². The van der Waals surface area contributed by atoms with Crippen molar-refractivity contribution >= 4 is 15.9 Å². The van der Waals surface area contributed by atoms with E-state index >= 15 is 0 Å². The summed E-state index contributed by atoms with van der Waals surface area (Å²) >= 11 is 3.60. The van der Waals surface area contributed by atoms with Crippen LogP contribution in [-0.2, 0) is 4.74 Å². The van der Waals surface area contributed by atoms with Crippen LogP contribution in [0, 0.1) is 13.8 Å². The number of benzene rings is 1. The van der Waals surface area contributed by atoms with E-state index < -0.39 is 0 Å². The van der Waals surface area contributed by atoms with Crippen molar-refractivity contribution in [2.75, 3.05) is 20.3 Å². The monoisotopic (exact) mass is 299 g/mol. The third-order valence-electron chi connectivity index (χ3n) is 2.84. The summed E-state index contributed by atoms with van der Waals surface area (Å²) in [6, 6.07) is 4.73. The zero-order valence-corrected chi connectivity index (χ0v) is 12.7. The van der Waals surface area contributed by atoms with Gasteiger partial charge in [0, 0.05) is 11.6 Å². The molecular weight excluding hydrogens is 278 g/mol. The summed E-state index contributed by atoms with van der Waals surface area (Å²) < 4.78 is 6.49. The normalized spacial score (nSPS) is 12.8. The Morgan fingerprint density at radius 1 is 1.29 bits per heavy atom. The lowest BCUT2D eigenvalue weighted by atomic mass is 10.0. The molecule has 0 radical (unpaired) electrons. The van der Waals surface area contributed by atoms with Crippen LogP contribution >= 0.6 is 15.9 Å². The molecule has 0 aliphatic rings. The summed E-state index contributed by atoms with van der Waals surface area (Å²) in [5.41, 5.74) is 3.86. The van der Waals surface area contributed by atoms with Gasteiger partial charge in [-0.05, 0) is 43.5 Å². The molecule has 1 unspecified atom stereocenters. The van der Waals surface area contributed by atoms with Crippen molar-refractivity contribution < 1.29 is 4.74 Å². The molecule has 0 spiro atoms. The van der Waals surface area contributed by atoms with Crippen molar-refractivity contribution in [3.8, 4) is 0 Å². The molecule has 0 aromatic heterocycles. The van der Waals surface area contributed by atoms with Gasteiger partial charge in [0.25, 0.3) is 0 Å². The molecule has 96 valence electrons. The Kier molecular flexibility index (Phi) is 6.17. The maximum atomic E-state index is 5.29. The van der Waals surface area contributed by atoms with Gasteiger partial charge >= 0.3 is 0 Å². The first kappa shape index (κ1) is 14.7. The number of nitrogens with one attached hydrogen (secondary N) is 1. The summed E-state index contributed by atoms with van der Waals surface area (Å²) in [7, 11) is 1.75. The molecule has 1 atom stereocenters. The molecule has 0 fully saturated rings. The third-order valence-corrected chi connectivity index (χ3v) is 4.09. The van der Waals surface area contributed by atoms with Gasteiger partial charge in [-0.2, -0.15) is 0 Å². The number of rotatable bonds is 6. The quantitative estimate of drug-likeness (QED) is 0.864. The summed E-state index contributed by atoms with van der Waals surface area (Å²) in [6.45, 7) is 8.16. The predicted octanol–water partition coefficient (Wildman–Crippen LogP) is 3.75. The van der Waals surface area contributed by atoms with Crippen molar-refractivity contribution in [1.29, 1.82) is 0 Å². The number of hydrogen-bond donors (Lipinski definition) is 1. The third kappa shape index (κ3) is 4.09. The molecule has 2 nitrogen and oxygen atoms in total. The van der Waals surface area contributed by atoms with Crippen LogP contribution in [-0.4, -0.2) is 20.3 Å². The topological polar surface area (TPSA) is 21.3 Å². The molecule has 0 aliphatic carbocycles. The molecule has 3 heteroatoms. The lowest BCUT2D eigenvalue weighted by Crippen LogP contribution is -2.26. The van der Waals surface area contributed by atoms with Crippen molar-refractivity contribution in [1.82, 2.24) is 5.32 Å². The summed E-state index contributed by atoms with van der Waals surface area (Å²) in [5, 5.41) is 3.52. The molecule has 1 aromatic rings. The summed E-state index contributed by atoms with van der Waals surface area (Å²) in [5.74, 6) is 0. The van der Waals surface area contributed by atoms with Crippen LogP contribution < -0.4 is 5.32 Å². The minimum Gasteiger partial charge on any atom is -0.383 e. The van der Waals surface area contributed by atoms with E-state index in [-0.39, 0.29) is 6.04 Å². The fourth-order valence-corrected chi connectivity index (χ4v) is 2.17. The standard InChI is InChI=1S/C14H22BrNO/c1-5-6-16-13(9-17-4)12-7-10(2)14(15)11(3)8-12/h7-8,13,16H,5-6,9H2,1-4H3. The average molecular weight is 300 g/mol. The molecule has 0 bridgehead atoms. The van der Waals surface area contributed by atoms with Gasteiger partial charge in [-0.25, -0.2) is 0 Å². The lowest BCUT2D eigenvalue weighted by molar-refractivity contribution is 0.167. The van der Waals surface area contributed by atoms with Crippen LogP contribution in [0.25, 0.3) is 0 Å². The van der Waals surface area contributed by atoms with Gasteiger partial charge in [-0.1, -0.05) is 35.0 Å². The van der Waals surface area contributed by atoms with Gasteiger partial charge in [0.15, 0.2) is 0 Å². The van der Waals surface area contributed by atoms with E-state index in [4.69, 9.17) is 4.74 Å². The van der Waals surface area contributed by atoms with Crippen molar-refractivity contribution in [3.63, 3.8) is 0 Å². The Bertz CT molecular complexity index is 342. The molecule has 0 saturated heterocycles. The van der Waals surface area contributed by atoms with E-state index in [1.54, 1.807) is 7.11 Å². The highest BCUT2D eigenvalue weighted by atomic mass is 79.9. The van der Waals surface area contributed by atoms with Gasteiger partial charge in [0.2, 0.25) is 0 Å². The highest BCUT2D eigenvalue weighted by molar-refractivity contribution is 9.10.